The molecule has 1 aromatic heterocycles. The Morgan fingerprint density at radius 2 is 2.11 bits per heavy atom. The second-order valence-electron chi connectivity index (χ2n) is 4.98. The minimum Gasteiger partial charge on any atom is -0.354 e. The van der Waals surface area contributed by atoms with Crippen LogP contribution in [0.4, 0.5) is 10.2 Å². The van der Waals surface area contributed by atoms with E-state index in [9.17, 15) is 4.39 Å². The summed E-state index contributed by atoms with van der Waals surface area (Å²) in [5.41, 5.74) is 0. The fraction of sp³-hybridized carbons (Fsp3) is 0.643. The van der Waals surface area contributed by atoms with Crippen LogP contribution < -0.4 is 10.2 Å². The van der Waals surface area contributed by atoms with Gasteiger partial charge in [0.1, 0.15) is 0 Å². The van der Waals surface area contributed by atoms with E-state index in [1.165, 1.54) is 6.07 Å². The number of anilines is 1. The lowest BCUT2D eigenvalue weighted by atomic mass is 9.90. The number of pyridine rings is 1. The summed E-state index contributed by atoms with van der Waals surface area (Å²) in [5, 5.41) is 3.49. The number of nitrogens with zero attached hydrogens (tertiary/aromatic N) is 2. The lowest BCUT2D eigenvalue weighted by Crippen LogP contribution is -2.41. The highest BCUT2D eigenvalue weighted by molar-refractivity contribution is 5.39. The monoisotopic (exact) mass is 251 g/mol. The maximum absolute atomic E-state index is 13.7. The molecular formula is C14H22FN3. The lowest BCUT2D eigenvalue weighted by molar-refractivity contribution is 0.339. The van der Waals surface area contributed by atoms with E-state index in [0.717, 1.165) is 32.2 Å². The molecule has 1 aliphatic carbocycles. The van der Waals surface area contributed by atoms with Crippen LogP contribution in [0.5, 0.6) is 0 Å². The summed E-state index contributed by atoms with van der Waals surface area (Å²) in [5.74, 6) is 0.248. The molecule has 1 N–H and O–H groups in total. The van der Waals surface area contributed by atoms with Gasteiger partial charge in [0.15, 0.2) is 11.6 Å². The molecule has 1 heterocycles. The van der Waals surface area contributed by atoms with Gasteiger partial charge in [-0.2, -0.15) is 0 Å². The molecular weight excluding hydrogens is 229 g/mol. The van der Waals surface area contributed by atoms with Crippen molar-refractivity contribution in [3.8, 4) is 0 Å². The van der Waals surface area contributed by atoms with Gasteiger partial charge in [0, 0.05) is 25.3 Å². The zero-order valence-electron chi connectivity index (χ0n) is 11.2. The fourth-order valence-corrected chi connectivity index (χ4v) is 2.77. The van der Waals surface area contributed by atoms with Crippen LogP contribution in [0.3, 0.4) is 0 Å². The fourth-order valence-electron chi connectivity index (χ4n) is 2.77. The molecule has 18 heavy (non-hydrogen) atoms. The molecule has 3 nitrogen and oxygen atoms in total. The number of halogens is 1. The van der Waals surface area contributed by atoms with E-state index in [-0.39, 0.29) is 5.82 Å². The van der Waals surface area contributed by atoms with E-state index in [1.807, 2.05) is 11.9 Å². The molecule has 0 saturated heterocycles. The Labute approximate surface area is 108 Å². The molecule has 0 radical (unpaired) electrons. The Morgan fingerprint density at radius 1 is 1.39 bits per heavy atom. The lowest BCUT2D eigenvalue weighted by Gasteiger charge is -2.35. The molecule has 0 bridgehead atoms. The average molecular weight is 251 g/mol. The number of hydrogen-bond donors (Lipinski definition) is 1. The van der Waals surface area contributed by atoms with Gasteiger partial charge in [-0.25, -0.2) is 9.37 Å². The van der Waals surface area contributed by atoms with E-state index in [4.69, 9.17) is 0 Å². The summed E-state index contributed by atoms with van der Waals surface area (Å²) in [6.07, 6.45) is 6.18. The standard InChI is InChI=1S/C14H22FN3/c1-3-16-11-6-8-12(9-7-11)18(2)14-13(15)5-4-10-17-14/h4-5,10-12,16H,3,6-9H2,1-2H3. The van der Waals surface area contributed by atoms with Gasteiger partial charge in [0.2, 0.25) is 0 Å². The van der Waals surface area contributed by atoms with Crippen molar-refractivity contribution in [2.45, 2.75) is 44.7 Å². The largest absolute Gasteiger partial charge is 0.354 e. The summed E-state index contributed by atoms with van der Waals surface area (Å²) in [6.45, 7) is 3.17. The topological polar surface area (TPSA) is 28.2 Å². The molecule has 1 aliphatic rings. The maximum Gasteiger partial charge on any atom is 0.165 e. The molecule has 2 rings (SSSR count). The first kappa shape index (κ1) is 13.3. The summed E-state index contributed by atoms with van der Waals surface area (Å²) in [4.78, 5) is 6.14. The minimum absolute atomic E-state index is 0.228. The molecule has 1 fully saturated rings. The van der Waals surface area contributed by atoms with Crippen molar-refractivity contribution in [3.63, 3.8) is 0 Å². The van der Waals surface area contributed by atoms with Crippen LogP contribution in [0, 0.1) is 5.82 Å². The van der Waals surface area contributed by atoms with Crippen LogP contribution in [0.1, 0.15) is 32.6 Å². The van der Waals surface area contributed by atoms with Crippen LogP contribution in [0.2, 0.25) is 0 Å². The quantitative estimate of drug-likeness (QED) is 0.891. The highest BCUT2D eigenvalue weighted by Crippen LogP contribution is 2.26. The zero-order chi connectivity index (χ0) is 13.0. The predicted octanol–water partition coefficient (Wildman–Crippen LogP) is 2.58. The normalized spacial score (nSPS) is 23.9. The number of aromatic nitrogens is 1. The minimum atomic E-state index is -0.228. The van der Waals surface area contributed by atoms with Crippen LogP contribution in [-0.2, 0) is 0 Å². The molecule has 0 aromatic carbocycles. The first-order chi connectivity index (χ1) is 8.72. The second-order valence-corrected chi connectivity index (χ2v) is 4.98. The molecule has 100 valence electrons. The van der Waals surface area contributed by atoms with Crippen molar-refractivity contribution in [3.05, 3.63) is 24.1 Å². The van der Waals surface area contributed by atoms with Crippen LogP contribution in [0.15, 0.2) is 18.3 Å². The molecule has 0 unspecified atom stereocenters. The Kier molecular flexibility index (Phi) is 4.53. The third kappa shape index (κ3) is 2.99. The van der Waals surface area contributed by atoms with Crippen molar-refractivity contribution in [1.82, 2.24) is 10.3 Å². The van der Waals surface area contributed by atoms with Gasteiger partial charge in [-0.1, -0.05) is 6.92 Å². The van der Waals surface area contributed by atoms with Gasteiger partial charge < -0.3 is 10.2 Å². The maximum atomic E-state index is 13.7. The molecule has 0 atom stereocenters. The van der Waals surface area contributed by atoms with E-state index < -0.39 is 0 Å². The molecule has 0 aliphatic heterocycles. The SMILES string of the molecule is CCNC1CCC(N(C)c2ncccc2F)CC1. The van der Waals surface area contributed by atoms with E-state index >= 15 is 0 Å². The van der Waals surface area contributed by atoms with E-state index in [1.54, 1.807) is 12.3 Å². The van der Waals surface area contributed by atoms with Crippen LogP contribution in [-0.4, -0.2) is 30.7 Å². The molecule has 0 spiro atoms. The number of nitrogens with one attached hydrogen (secondary N) is 1. The van der Waals surface area contributed by atoms with Crippen molar-refractivity contribution >= 4 is 5.82 Å². The zero-order valence-corrected chi connectivity index (χ0v) is 11.2. The summed E-state index contributed by atoms with van der Waals surface area (Å²) < 4.78 is 13.7. The summed E-state index contributed by atoms with van der Waals surface area (Å²) in [6, 6.07) is 4.15. The summed E-state index contributed by atoms with van der Waals surface area (Å²) >= 11 is 0. The van der Waals surface area contributed by atoms with Gasteiger partial charge >= 0.3 is 0 Å². The smallest absolute Gasteiger partial charge is 0.165 e. The highest BCUT2D eigenvalue weighted by atomic mass is 19.1. The highest BCUT2D eigenvalue weighted by Gasteiger charge is 2.25. The Bertz CT molecular complexity index is 375. The van der Waals surface area contributed by atoms with E-state index in [0.29, 0.717) is 17.9 Å². The molecule has 0 amide bonds. The summed E-state index contributed by atoms with van der Waals surface area (Å²) in [7, 11) is 1.95. The average Bonchev–Trinajstić information content (AvgIpc) is 2.40. The predicted molar refractivity (Wildman–Crippen MR) is 72.3 cm³/mol. The second kappa shape index (κ2) is 6.14. The van der Waals surface area contributed by atoms with Crippen molar-refractivity contribution in [2.75, 3.05) is 18.5 Å². The van der Waals surface area contributed by atoms with Gasteiger partial charge in [-0.15, -0.1) is 0 Å². The molecule has 4 heteroatoms. The number of hydrogen-bond acceptors (Lipinski definition) is 3. The van der Waals surface area contributed by atoms with Crippen LogP contribution in [0.25, 0.3) is 0 Å². The Balaban J connectivity index is 1.95. The third-order valence-electron chi connectivity index (χ3n) is 3.81. The van der Waals surface area contributed by atoms with Gasteiger partial charge in [-0.05, 0) is 44.4 Å². The van der Waals surface area contributed by atoms with Gasteiger partial charge in [0.05, 0.1) is 0 Å². The Morgan fingerprint density at radius 3 is 2.72 bits per heavy atom. The van der Waals surface area contributed by atoms with Crippen molar-refractivity contribution in [2.24, 2.45) is 0 Å². The van der Waals surface area contributed by atoms with Gasteiger partial charge in [-0.3, -0.25) is 0 Å². The van der Waals surface area contributed by atoms with Crippen LogP contribution >= 0.6 is 0 Å². The molecule has 1 saturated carbocycles. The van der Waals surface area contributed by atoms with Crippen molar-refractivity contribution in [1.29, 1.82) is 0 Å². The molecule has 1 aromatic rings. The van der Waals surface area contributed by atoms with Gasteiger partial charge in [0.25, 0.3) is 0 Å². The van der Waals surface area contributed by atoms with Crippen molar-refractivity contribution < 1.29 is 4.39 Å². The first-order valence-corrected chi connectivity index (χ1v) is 6.79. The van der Waals surface area contributed by atoms with E-state index in [2.05, 4.69) is 17.2 Å². The number of rotatable bonds is 4. The third-order valence-corrected chi connectivity index (χ3v) is 3.81. The first-order valence-electron chi connectivity index (χ1n) is 6.79. The Hall–Kier alpha value is -1.16.